The summed E-state index contributed by atoms with van der Waals surface area (Å²) < 4.78 is 0. The van der Waals surface area contributed by atoms with Crippen LogP contribution in [0.15, 0.2) is 0 Å². The van der Waals surface area contributed by atoms with Gasteiger partial charge < -0.3 is 15.5 Å². The van der Waals surface area contributed by atoms with Crippen molar-refractivity contribution in [1.82, 2.24) is 15.5 Å². The van der Waals surface area contributed by atoms with Crippen molar-refractivity contribution in [2.75, 3.05) is 33.7 Å². The minimum atomic E-state index is -0.156. The van der Waals surface area contributed by atoms with Crippen molar-refractivity contribution in [3.05, 3.63) is 0 Å². The number of carbonyl (C=O) groups is 2. The second-order valence-corrected chi connectivity index (χ2v) is 2.85. The molecule has 13 heavy (non-hydrogen) atoms. The molecule has 0 unspecified atom stereocenters. The highest BCUT2D eigenvalue weighted by molar-refractivity contribution is 5.85. The standard InChI is InChI=1S/C8H17N3O2/c1-4-9-5-7(12)10-6-8(13)11(2)3/h9H,4-6H2,1-3H3,(H,10,12). The summed E-state index contributed by atoms with van der Waals surface area (Å²) in [5.74, 6) is -0.262. The van der Waals surface area contributed by atoms with Crippen LogP contribution in [0.3, 0.4) is 0 Å². The average Bonchev–Trinajstić information content (AvgIpc) is 2.10. The molecular weight excluding hydrogens is 170 g/mol. The van der Waals surface area contributed by atoms with E-state index >= 15 is 0 Å². The van der Waals surface area contributed by atoms with E-state index in [9.17, 15) is 9.59 Å². The largest absolute Gasteiger partial charge is 0.347 e. The van der Waals surface area contributed by atoms with Crippen LogP contribution in [-0.2, 0) is 9.59 Å². The molecule has 0 saturated heterocycles. The summed E-state index contributed by atoms with van der Waals surface area (Å²) in [5.41, 5.74) is 0. The second-order valence-electron chi connectivity index (χ2n) is 2.85. The first-order valence-corrected chi connectivity index (χ1v) is 4.25. The summed E-state index contributed by atoms with van der Waals surface area (Å²) in [6.07, 6.45) is 0. The Kier molecular flexibility index (Phi) is 5.88. The molecule has 0 aliphatic heterocycles. The summed E-state index contributed by atoms with van der Waals surface area (Å²) >= 11 is 0. The van der Waals surface area contributed by atoms with Crippen LogP contribution < -0.4 is 10.6 Å². The molecule has 0 rings (SSSR count). The number of hydrogen-bond donors (Lipinski definition) is 2. The molecule has 0 atom stereocenters. The third-order valence-electron chi connectivity index (χ3n) is 1.47. The summed E-state index contributed by atoms with van der Waals surface area (Å²) in [4.78, 5) is 23.4. The molecule has 5 heteroatoms. The van der Waals surface area contributed by atoms with E-state index in [1.165, 1.54) is 4.90 Å². The summed E-state index contributed by atoms with van der Waals surface area (Å²) in [5, 5.41) is 5.37. The van der Waals surface area contributed by atoms with Gasteiger partial charge in [0.15, 0.2) is 0 Å². The molecule has 76 valence electrons. The lowest BCUT2D eigenvalue weighted by Gasteiger charge is -2.10. The summed E-state index contributed by atoms with van der Waals surface area (Å²) in [7, 11) is 3.30. The lowest BCUT2D eigenvalue weighted by Crippen LogP contribution is -2.40. The Bertz CT molecular complexity index is 180. The van der Waals surface area contributed by atoms with Crippen LogP contribution in [-0.4, -0.2) is 50.4 Å². The summed E-state index contributed by atoms with van der Waals surface area (Å²) in [6.45, 7) is 2.99. The predicted octanol–water partition coefficient (Wildman–Crippen LogP) is -1.20. The van der Waals surface area contributed by atoms with E-state index in [4.69, 9.17) is 0 Å². The zero-order chi connectivity index (χ0) is 10.3. The molecule has 0 aromatic rings. The van der Waals surface area contributed by atoms with Crippen molar-refractivity contribution in [2.45, 2.75) is 6.92 Å². The molecule has 0 aliphatic rings. The molecule has 0 radical (unpaired) electrons. The lowest BCUT2D eigenvalue weighted by molar-refractivity contribution is -0.130. The Balaban J connectivity index is 3.52. The first-order valence-electron chi connectivity index (χ1n) is 4.25. The first kappa shape index (κ1) is 11.9. The third kappa shape index (κ3) is 6.10. The maximum absolute atomic E-state index is 11.0. The maximum Gasteiger partial charge on any atom is 0.241 e. The van der Waals surface area contributed by atoms with Crippen LogP contribution in [0.1, 0.15) is 6.92 Å². The predicted molar refractivity (Wildman–Crippen MR) is 50.2 cm³/mol. The van der Waals surface area contributed by atoms with Gasteiger partial charge in [0.1, 0.15) is 0 Å². The minimum Gasteiger partial charge on any atom is -0.347 e. The Labute approximate surface area is 78.5 Å². The van der Waals surface area contributed by atoms with Gasteiger partial charge in [0.2, 0.25) is 11.8 Å². The van der Waals surface area contributed by atoms with Crippen molar-refractivity contribution in [3.8, 4) is 0 Å². The van der Waals surface area contributed by atoms with Crippen LogP contribution in [0.2, 0.25) is 0 Å². The van der Waals surface area contributed by atoms with Gasteiger partial charge in [-0.2, -0.15) is 0 Å². The topological polar surface area (TPSA) is 61.4 Å². The van der Waals surface area contributed by atoms with E-state index in [0.29, 0.717) is 0 Å². The number of amides is 2. The molecular formula is C8H17N3O2. The Hall–Kier alpha value is -1.10. The number of nitrogens with one attached hydrogen (secondary N) is 2. The van der Waals surface area contributed by atoms with Crippen molar-refractivity contribution < 1.29 is 9.59 Å². The highest BCUT2D eigenvalue weighted by Crippen LogP contribution is 1.75. The molecule has 0 spiro atoms. The van der Waals surface area contributed by atoms with E-state index in [2.05, 4.69) is 10.6 Å². The highest BCUT2D eigenvalue weighted by Gasteiger charge is 2.05. The van der Waals surface area contributed by atoms with Gasteiger partial charge in [-0.05, 0) is 6.54 Å². The van der Waals surface area contributed by atoms with Crippen LogP contribution >= 0.6 is 0 Å². The number of rotatable bonds is 5. The Morgan fingerprint density at radius 2 is 1.85 bits per heavy atom. The normalized spacial score (nSPS) is 9.46. The van der Waals surface area contributed by atoms with Gasteiger partial charge in [-0.3, -0.25) is 9.59 Å². The van der Waals surface area contributed by atoms with Gasteiger partial charge in [-0.25, -0.2) is 0 Å². The Morgan fingerprint density at radius 1 is 1.23 bits per heavy atom. The van der Waals surface area contributed by atoms with Crippen molar-refractivity contribution in [3.63, 3.8) is 0 Å². The van der Waals surface area contributed by atoms with Crippen LogP contribution in [0.4, 0.5) is 0 Å². The Morgan fingerprint density at radius 3 is 2.31 bits per heavy atom. The molecule has 0 aromatic heterocycles. The van der Waals surface area contributed by atoms with Crippen molar-refractivity contribution in [2.24, 2.45) is 0 Å². The zero-order valence-electron chi connectivity index (χ0n) is 8.39. The lowest BCUT2D eigenvalue weighted by atomic mass is 10.5. The van der Waals surface area contributed by atoms with E-state index in [-0.39, 0.29) is 24.9 Å². The minimum absolute atomic E-state index is 0.0667. The summed E-state index contributed by atoms with van der Waals surface area (Å²) in [6, 6.07) is 0. The number of nitrogens with zero attached hydrogens (tertiary/aromatic N) is 1. The van der Waals surface area contributed by atoms with E-state index in [1.54, 1.807) is 14.1 Å². The smallest absolute Gasteiger partial charge is 0.241 e. The van der Waals surface area contributed by atoms with Crippen molar-refractivity contribution >= 4 is 11.8 Å². The first-order chi connectivity index (χ1) is 6.07. The van der Waals surface area contributed by atoms with E-state index < -0.39 is 0 Å². The molecule has 2 amide bonds. The molecule has 0 saturated carbocycles. The highest BCUT2D eigenvalue weighted by atomic mass is 16.2. The third-order valence-corrected chi connectivity index (χ3v) is 1.47. The number of hydrogen-bond acceptors (Lipinski definition) is 3. The zero-order valence-corrected chi connectivity index (χ0v) is 8.39. The molecule has 0 aliphatic carbocycles. The SMILES string of the molecule is CCNCC(=O)NCC(=O)N(C)C. The number of carbonyl (C=O) groups excluding carboxylic acids is 2. The second kappa shape index (κ2) is 6.42. The van der Waals surface area contributed by atoms with Gasteiger partial charge in [0, 0.05) is 14.1 Å². The van der Waals surface area contributed by atoms with Gasteiger partial charge in [-0.15, -0.1) is 0 Å². The molecule has 5 nitrogen and oxygen atoms in total. The van der Waals surface area contributed by atoms with Gasteiger partial charge in [0.25, 0.3) is 0 Å². The van der Waals surface area contributed by atoms with Crippen molar-refractivity contribution in [1.29, 1.82) is 0 Å². The van der Waals surface area contributed by atoms with E-state index in [0.717, 1.165) is 6.54 Å². The molecule has 0 heterocycles. The fourth-order valence-electron chi connectivity index (χ4n) is 0.633. The monoisotopic (exact) mass is 187 g/mol. The van der Waals surface area contributed by atoms with Crippen LogP contribution in [0.25, 0.3) is 0 Å². The fourth-order valence-corrected chi connectivity index (χ4v) is 0.633. The average molecular weight is 187 g/mol. The molecule has 0 aromatic carbocycles. The van der Waals surface area contributed by atoms with Crippen LogP contribution in [0, 0.1) is 0 Å². The van der Waals surface area contributed by atoms with E-state index in [1.807, 2.05) is 6.92 Å². The molecule has 2 N–H and O–H groups in total. The fraction of sp³-hybridized carbons (Fsp3) is 0.750. The van der Waals surface area contributed by atoms with Gasteiger partial charge >= 0.3 is 0 Å². The molecule has 0 fully saturated rings. The van der Waals surface area contributed by atoms with Gasteiger partial charge in [-0.1, -0.05) is 6.92 Å². The quantitative estimate of drug-likeness (QED) is 0.568. The van der Waals surface area contributed by atoms with Gasteiger partial charge in [0.05, 0.1) is 13.1 Å². The molecule has 0 bridgehead atoms. The number of likely N-dealkylation sites (N-methyl/N-ethyl adjacent to an activating group) is 2. The van der Waals surface area contributed by atoms with Crippen LogP contribution in [0.5, 0.6) is 0 Å². The maximum atomic E-state index is 11.0.